The fraction of sp³-hybridized carbons (Fsp3) is 0.364. The normalized spacial score (nSPS) is 17.8. The van der Waals surface area contributed by atoms with Crippen LogP contribution in [0.15, 0.2) is 12.1 Å². The average molecular weight is 223 g/mol. The third-order valence-corrected chi connectivity index (χ3v) is 2.30. The first kappa shape index (κ1) is 10.6. The first-order valence-corrected chi connectivity index (χ1v) is 5.00. The van der Waals surface area contributed by atoms with Crippen LogP contribution in [0.3, 0.4) is 0 Å². The summed E-state index contributed by atoms with van der Waals surface area (Å²) in [5.74, 6) is 1.42. The number of anilines is 1. The van der Waals surface area contributed by atoms with Crippen LogP contribution in [0.2, 0.25) is 0 Å². The Hall–Kier alpha value is -1.91. The Morgan fingerprint density at radius 3 is 3.06 bits per heavy atom. The van der Waals surface area contributed by atoms with E-state index >= 15 is 0 Å². The first-order valence-electron chi connectivity index (χ1n) is 5.00. The Bertz CT molecular complexity index is 405. The van der Waals surface area contributed by atoms with Crippen molar-refractivity contribution in [3.63, 3.8) is 0 Å². The molecule has 0 radical (unpaired) electrons. The first-order chi connectivity index (χ1) is 7.76. The number of benzene rings is 1. The number of carbonyl (C=O) groups excluding carboxylic acids is 1. The van der Waals surface area contributed by atoms with Gasteiger partial charge in [-0.1, -0.05) is 0 Å². The molecule has 1 atom stereocenters. The smallest absolute Gasteiger partial charge is 0.298 e. The molecule has 0 aliphatic carbocycles. The molecule has 1 unspecified atom stereocenters. The zero-order valence-electron chi connectivity index (χ0n) is 9.15. The highest BCUT2D eigenvalue weighted by molar-refractivity contribution is 5.71. The largest absolute Gasteiger partial charge is 0.486 e. The quantitative estimate of drug-likeness (QED) is 0.785. The Morgan fingerprint density at radius 2 is 2.38 bits per heavy atom. The molecular formula is C11H13NO4. The van der Waals surface area contributed by atoms with Crippen molar-refractivity contribution in [3.05, 3.63) is 12.1 Å². The molecule has 0 aromatic heterocycles. The van der Waals surface area contributed by atoms with Crippen LogP contribution in [0.5, 0.6) is 17.2 Å². The lowest BCUT2D eigenvalue weighted by Crippen LogP contribution is -2.26. The maximum Gasteiger partial charge on any atom is 0.298 e. The Labute approximate surface area is 93.3 Å². The molecule has 0 spiro atoms. The van der Waals surface area contributed by atoms with Crippen molar-refractivity contribution < 1.29 is 19.0 Å². The lowest BCUT2D eigenvalue weighted by atomic mass is 10.2. The number of nitrogens with one attached hydrogen (secondary N) is 1. The van der Waals surface area contributed by atoms with Crippen LogP contribution in [0, 0.1) is 0 Å². The molecule has 1 heterocycles. The van der Waals surface area contributed by atoms with E-state index in [9.17, 15) is 4.79 Å². The minimum absolute atomic E-state index is 0.0615. The van der Waals surface area contributed by atoms with Gasteiger partial charge in [0.25, 0.3) is 6.47 Å². The number of ether oxygens (including phenoxy) is 3. The van der Waals surface area contributed by atoms with Crippen molar-refractivity contribution in [2.75, 3.05) is 19.0 Å². The second-order valence-electron chi connectivity index (χ2n) is 3.47. The molecule has 0 saturated carbocycles. The summed E-state index contributed by atoms with van der Waals surface area (Å²) >= 11 is 0. The van der Waals surface area contributed by atoms with Crippen LogP contribution in [-0.4, -0.2) is 26.2 Å². The van der Waals surface area contributed by atoms with E-state index in [4.69, 9.17) is 14.2 Å². The van der Waals surface area contributed by atoms with Crippen LogP contribution in [0.25, 0.3) is 0 Å². The molecule has 0 saturated heterocycles. The number of hydrogen-bond acceptors (Lipinski definition) is 5. The molecule has 5 nitrogen and oxygen atoms in total. The van der Waals surface area contributed by atoms with E-state index in [1.807, 2.05) is 6.92 Å². The van der Waals surface area contributed by atoms with Gasteiger partial charge in [0, 0.05) is 7.05 Å². The van der Waals surface area contributed by atoms with Gasteiger partial charge in [0.1, 0.15) is 12.7 Å². The summed E-state index contributed by atoms with van der Waals surface area (Å²) in [5, 5.41) is 2.93. The lowest BCUT2D eigenvalue weighted by Gasteiger charge is -2.26. The summed E-state index contributed by atoms with van der Waals surface area (Å²) in [6, 6.07) is 3.56. The van der Waals surface area contributed by atoms with Gasteiger partial charge in [-0.05, 0) is 19.1 Å². The second kappa shape index (κ2) is 4.30. The molecule has 16 heavy (non-hydrogen) atoms. The minimum Gasteiger partial charge on any atom is -0.486 e. The molecule has 1 N–H and O–H groups in total. The van der Waals surface area contributed by atoms with Crippen LogP contribution in [0.1, 0.15) is 6.92 Å². The van der Waals surface area contributed by atoms with Gasteiger partial charge in [-0.15, -0.1) is 0 Å². The monoisotopic (exact) mass is 223 g/mol. The highest BCUT2D eigenvalue weighted by Crippen LogP contribution is 2.44. The van der Waals surface area contributed by atoms with E-state index in [1.54, 1.807) is 19.2 Å². The van der Waals surface area contributed by atoms with Gasteiger partial charge in [0.2, 0.25) is 5.75 Å². The molecule has 0 amide bonds. The van der Waals surface area contributed by atoms with E-state index in [2.05, 4.69) is 5.32 Å². The van der Waals surface area contributed by atoms with Gasteiger partial charge in [-0.3, -0.25) is 4.79 Å². The summed E-state index contributed by atoms with van der Waals surface area (Å²) in [4.78, 5) is 10.5. The third kappa shape index (κ3) is 1.76. The Kier molecular flexibility index (Phi) is 2.85. The van der Waals surface area contributed by atoms with Crippen molar-refractivity contribution in [2.45, 2.75) is 13.0 Å². The van der Waals surface area contributed by atoms with Crippen molar-refractivity contribution in [2.24, 2.45) is 0 Å². The van der Waals surface area contributed by atoms with Crippen molar-refractivity contribution in [1.82, 2.24) is 0 Å². The van der Waals surface area contributed by atoms with Gasteiger partial charge in [0.05, 0.1) is 5.69 Å². The molecule has 1 aromatic rings. The minimum atomic E-state index is -0.0615. The van der Waals surface area contributed by atoms with Gasteiger partial charge in [-0.25, -0.2) is 0 Å². The van der Waals surface area contributed by atoms with Gasteiger partial charge < -0.3 is 19.5 Å². The van der Waals surface area contributed by atoms with Gasteiger partial charge >= 0.3 is 0 Å². The molecule has 1 aliphatic heterocycles. The Balaban J connectivity index is 2.48. The fourth-order valence-corrected chi connectivity index (χ4v) is 1.57. The van der Waals surface area contributed by atoms with Crippen molar-refractivity contribution in [3.8, 4) is 17.2 Å². The molecule has 0 fully saturated rings. The summed E-state index contributed by atoms with van der Waals surface area (Å²) in [6.45, 7) is 2.76. The SMILES string of the molecule is CNc1ccc2c(c1OC=O)OC(C)CO2. The van der Waals surface area contributed by atoms with E-state index in [0.717, 1.165) is 0 Å². The standard InChI is InChI=1S/C11H13NO4/c1-7-5-14-9-4-3-8(12-2)10(15-6-13)11(9)16-7/h3-4,6-7,12H,5H2,1-2H3. The Morgan fingerprint density at radius 1 is 1.56 bits per heavy atom. The van der Waals surface area contributed by atoms with E-state index < -0.39 is 0 Å². The number of rotatable bonds is 3. The predicted molar refractivity (Wildman–Crippen MR) is 58.3 cm³/mol. The van der Waals surface area contributed by atoms with Crippen LogP contribution in [-0.2, 0) is 4.79 Å². The zero-order valence-corrected chi connectivity index (χ0v) is 9.15. The van der Waals surface area contributed by atoms with Crippen molar-refractivity contribution >= 4 is 12.2 Å². The summed E-state index contributed by atoms with van der Waals surface area (Å²) in [7, 11) is 1.74. The predicted octanol–water partition coefficient (Wildman–Crippen LogP) is 1.42. The zero-order chi connectivity index (χ0) is 11.5. The maximum atomic E-state index is 10.5. The van der Waals surface area contributed by atoms with Crippen LogP contribution >= 0.6 is 0 Å². The number of hydrogen-bond donors (Lipinski definition) is 1. The summed E-state index contributed by atoms with van der Waals surface area (Å²) in [5.41, 5.74) is 0.684. The highest BCUT2D eigenvalue weighted by atomic mass is 16.6. The number of carbonyl (C=O) groups is 1. The van der Waals surface area contributed by atoms with Gasteiger partial charge in [0.15, 0.2) is 11.5 Å². The van der Waals surface area contributed by atoms with Gasteiger partial charge in [-0.2, -0.15) is 0 Å². The molecule has 1 aliphatic rings. The molecule has 5 heteroatoms. The molecular weight excluding hydrogens is 210 g/mol. The fourth-order valence-electron chi connectivity index (χ4n) is 1.57. The molecule has 2 rings (SSSR count). The van der Waals surface area contributed by atoms with Crippen LogP contribution in [0.4, 0.5) is 5.69 Å². The number of fused-ring (bicyclic) bond motifs is 1. The third-order valence-electron chi connectivity index (χ3n) is 2.30. The summed E-state index contributed by atoms with van der Waals surface area (Å²) in [6.07, 6.45) is -0.0615. The molecule has 86 valence electrons. The average Bonchev–Trinajstić information content (AvgIpc) is 2.30. The lowest BCUT2D eigenvalue weighted by molar-refractivity contribution is -0.120. The summed E-state index contributed by atoms with van der Waals surface area (Å²) < 4.78 is 16.0. The second-order valence-corrected chi connectivity index (χ2v) is 3.47. The van der Waals surface area contributed by atoms with E-state index in [1.165, 1.54) is 0 Å². The topological polar surface area (TPSA) is 56.8 Å². The van der Waals surface area contributed by atoms with E-state index in [-0.39, 0.29) is 6.10 Å². The van der Waals surface area contributed by atoms with Crippen LogP contribution < -0.4 is 19.5 Å². The highest BCUT2D eigenvalue weighted by Gasteiger charge is 2.24. The molecule has 0 bridgehead atoms. The maximum absolute atomic E-state index is 10.5. The van der Waals surface area contributed by atoms with E-state index in [0.29, 0.717) is 36.0 Å². The molecule has 1 aromatic carbocycles. The van der Waals surface area contributed by atoms with Crippen molar-refractivity contribution in [1.29, 1.82) is 0 Å².